The van der Waals surface area contributed by atoms with Crippen LogP contribution >= 0.6 is 0 Å². The molecule has 1 N–H and O–H groups in total. The lowest BCUT2D eigenvalue weighted by molar-refractivity contribution is -0.148. The van der Waals surface area contributed by atoms with Crippen molar-refractivity contribution in [3.63, 3.8) is 0 Å². The number of hydrogen-bond donors (Lipinski definition) is 1. The van der Waals surface area contributed by atoms with Crippen LogP contribution in [0.1, 0.15) is 71.6 Å². The number of hydrogen-bond acceptors (Lipinski definition) is 4. The summed E-state index contributed by atoms with van der Waals surface area (Å²) in [5, 5.41) is 0. The molecule has 0 rings (SSSR count). The third kappa shape index (κ3) is 8.54. The third-order valence-corrected chi connectivity index (χ3v) is 3.75. The van der Waals surface area contributed by atoms with Gasteiger partial charge in [0.25, 0.3) is 0 Å². The number of esters is 1. The van der Waals surface area contributed by atoms with Crippen LogP contribution in [0.2, 0.25) is 0 Å². The molecule has 0 aromatic carbocycles. The van der Waals surface area contributed by atoms with E-state index < -0.39 is 0 Å². The van der Waals surface area contributed by atoms with Gasteiger partial charge in [0.15, 0.2) is 0 Å². The van der Waals surface area contributed by atoms with Crippen LogP contribution in [0.3, 0.4) is 0 Å². The lowest BCUT2D eigenvalue weighted by atomic mass is 9.90. The van der Waals surface area contributed by atoms with Gasteiger partial charge < -0.3 is 9.57 Å². The number of carbonyl (C=O) groups is 1. The fourth-order valence-corrected chi connectivity index (χ4v) is 2.52. The van der Waals surface area contributed by atoms with Crippen molar-refractivity contribution in [1.82, 2.24) is 5.48 Å². The van der Waals surface area contributed by atoms with Crippen LogP contribution in [0, 0.1) is 5.92 Å². The summed E-state index contributed by atoms with van der Waals surface area (Å²) in [4.78, 5) is 17.0. The van der Waals surface area contributed by atoms with Crippen LogP contribution < -0.4 is 5.48 Å². The van der Waals surface area contributed by atoms with Gasteiger partial charge in [-0.15, -0.1) is 0 Å². The average molecular weight is 287 g/mol. The van der Waals surface area contributed by atoms with Crippen molar-refractivity contribution >= 4 is 5.97 Å². The van der Waals surface area contributed by atoms with Crippen LogP contribution in [0.5, 0.6) is 0 Å². The maximum atomic E-state index is 12.0. The summed E-state index contributed by atoms with van der Waals surface area (Å²) in [7, 11) is 3.07. The van der Waals surface area contributed by atoms with Crippen LogP contribution in [-0.2, 0) is 14.4 Å². The number of hydroxylamine groups is 1. The number of nitrogens with one attached hydrogen (secondary N) is 1. The van der Waals surface area contributed by atoms with Gasteiger partial charge in [0.1, 0.15) is 0 Å². The molecule has 4 heteroatoms. The molecule has 0 aromatic rings. The third-order valence-electron chi connectivity index (χ3n) is 3.75. The summed E-state index contributed by atoms with van der Waals surface area (Å²) < 4.78 is 4.95. The molecule has 20 heavy (non-hydrogen) atoms. The van der Waals surface area contributed by atoms with Crippen molar-refractivity contribution in [1.29, 1.82) is 0 Å². The first kappa shape index (κ1) is 19.4. The second kappa shape index (κ2) is 13.4. The smallest absolute Gasteiger partial charge is 0.310 e. The molecule has 0 amide bonds. The highest BCUT2D eigenvalue weighted by Gasteiger charge is 2.28. The molecule has 0 aromatic heterocycles. The Bertz CT molecular complexity index is 234. The van der Waals surface area contributed by atoms with Gasteiger partial charge >= 0.3 is 5.97 Å². The molecule has 0 aliphatic carbocycles. The summed E-state index contributed by atoms with van der Waals surface area (Å²) >= 11 is 0. The minimum atomic E-state index is -0.124. The average Bonchev–Trinajstić information content (AvgIpc) is 2.46. The molecular weight excluding hydrogens is 254 g/mol. The standard InChI is InChI=1S/C16H33NO3/c1-5-7-9-10-11-13-15(17-20-4)14(12-8-6-2)16(18)19-3/h14-15,17H,5-13H2,1-4H3. The van der Waals surface area contributed by atoms with E-state index in [1.807, 2.05) is 0 Å². The zero-order valence-electron chi connectivity index (χ0n) is 13.7. The molecule has 2 unspecified atom stereocenters. The largest absolute Gasteiger partial charge is 0.469 e. The Morgan fingerprint density at radius 2 is 1.60 bits per heavy atom. The zero-order valence-corrected chi connectivity index (χ0v) is 13.7. The van der Waals surface area contributed by atoms with Gasteiger partial charge in [0.05, 0.1) is 20.1 Å². The van der Waals surface area contributed by atoms with E-state index in [9.17, 15) is 4.79 Å². The van der Waals surface area contributed by atoms with Gasteiger partial charge in [-0.05, 0) is 12.8 Å². The highest BCUT2D eigenvalue weighted by Crippen LogP contribution is 2.20. The van der Waals surface area contributed by atoms with Crippen molar-refractivity contribution in [2.24, 2.45) is 5.92 Å². The highest BCUT2D eigenvalue weighted by atomic mass is 16.6. The lowest BCUT2D eigenvalue weighted by Gasteiger charge is -2.25. The molecule has 0 bridgehead atoms. The maximum Gasteiger partial charge on any atom is 0.310 e. The lowest BCUT2D eigenvalue weighted by Crippen LogP contribution is -2.40. The van der Waals surface area contributed by atoms with Gasteiger partial charge in [-0.1, -0.05) is 58.8 Å². The van der Waals surface area contributed by atoms with Gasteiger partial charge in [0, 0.05) is 6.04 Å². The Morgan fingerprint density at radius 1 is 0.950 bits per heavy atom. The summed E-state index contributed by atoms with van der Waals surface area (Å²) in [5.41, 5.74) is 3.00. The molecule has 0 spiro atoms. The monoisotopic (exact) mass is 287 g/mol. The predicted molar refractivity (Wildman–Crippen MR) is 82.3 cm³/mol. The summed E-state index contributed by atoms with van der Waals surface area (Å²) in [6, 6.07) is 0.0561. The summed E-state index contributed by atoms with van der Waals surface area (Å²) in [5.74, 6) is -0.229. The zero-order chi connectivity index (χ0) is 15.2. The van der Waals surface area contributed by atoms with Gasteiger partial charge in [-0.25, -0.2) is 0 Å². The number of carbonyl (C=O) groups excluding carboxylic acids is 1. The molecule has 0 saturated carbocycles. The molecule has 0 fully saturated rings. The van der Waals surface area contributed by atoms with E-state index in [4.69, 9.17) is 9.57 Å². The van der Waals surface area contributed by atoms with Crippen molar-refractivity contribution in [2.75, 3.05) is 14.2 Å². The number of ether oxygens (including phenoxy) is 1. The fraction of sp³-hybridized carbons (Fsp3) is 0.938. The minimum Gasteiger partial charge on any atom is -0.469 e. The molecule has 0 aliphatic heterocycles. The van der Waals surface area contributed by atoms with Crippen molar-refractivity contribution in [3.8, 4) is 0 Å². The second-order valence-electron chi connectivity index (χ2n) is 5.40. The molecule has 0 aliphatic rings. The SMILES string of the molecule is CCCCCCCC(NOC)C(CCCC)C(=O)OC. The molecular formula is C16H33NO3. The van der Waals surface area contributed by atoms with E-state index >= 15 is 0 Å². The summed E-state index contributed by atoms with van der Waals surface area (Å²) in [6.07, 6.45) is 10.1. The number of rotatable bonds is 13. The highest BCUT2D eigenvalue weighted by molar-refractivity contribution is 5.73. The minimum absolute atomic E-state index is 0.0561. The normalized spacial score (nSPS) is 14.0. The Hall–Kier alpha value is -0.610. The Balaban J connectivity index is 4.34. The topological polar surface area (TPSA) is 47.6 Å². The van der Waals surface area contributed by atoms with E-state index in [1.165, 1.54) is 32.8 Å². The Kier molecular flexibility index (Phi) is 13.0. The van der Waals surface area contributed by atoms with E-state index in [2.05, 4.69) is 19.3 Å². The van der Waals surface area contributed by atoms with Crippen molar-refractivity contribution < 1.29 is 14.4 Å². The first-order chi connectivity index (χ1) is 9.71. The number of unbranched alkanes of at least 4 members (excludes halogenated alkanes) is 5. The number of methoxy groups -OCH3 is 1. The van der Waals surface area contributed by atoms with Crippen LogP contribution in [0.4, 0.5) is 0 Å². The second-order valence-corrected chi connectivity index (χ2v) is 5.40. The first-order valence-corrected chi connectivity index (χ1v) is 8.07. The molecule has 0 saturated heterocycles. The van der Waals surface area contributed by atoms with E-state index in [1.54, 1.807) is 7.11 Å². The van der Waals surface area contributed by atoms with Gasteiger partial charge in [-0.3, -0.25) is 4.79 Å². The Labute approximate surface area is 124 Å². The first-order valence-electron chi connectivity index (χ1n) is 8.07. The molecule has 4 nitrogen and oxygen atoms in total. The van der Waals surface area contributed by atoms with Crippen molar-refractivity contribution in [3.05, 3.63) is 0 Å². The Morgan fingerprint density at radius 3 is 2.15 bits per heavy atom. The maximum absolute atomic E-state index is 12.0. The van der Waals surface area contributed by atoms with Gasteiger partial charge in [-0.2, -0.15) is 5.48 Å². The molecule has 0 heterocycles. The molecule has 0 radical (unpaired) electrons. The van der Waals surface area contributed by atoms with Crippen LogP contribution in [0.15, 0.2) is 0 Å². The quantitative estimate of drug-likeness (QED) is 0.317. The molecule has 120 valence electrons. The van der Waals surface area contributed by atoms with Crippen molar-refractivity contribution in [2.45, 2.75) is 77.7 Å². The van der Waals surface area contributed by atoms with E-state index in [-0.39, 0.29) is 17.9 Å². The fourth-order valence-electron chi connectivity index (χ4n) is 2.52. The predicted octanol–water partition coefficient (Wildman–Crippen LogP) is 3.85. The summed E-state index contributed by atoms with van der Waals surface area (Å²) in [6.45, 7) is 4.35. The van der Waals surface area contributed by atoms with E-state index in [0.717, 1.165) is 32.1 Å². The molecule has 2 atom stereocenters. The van der Waals surface area contributed by atoms with Crippen LogP contribution in [-0.4, -0.2) is 26.2 Å². The van der Waals surface area contributed by atoms with Gasteiger partial charge in [0.2, 0.25) is 0 Å². The van der Waals surface area contributed by atoms with Crippen LogP contribution in [0.25, 0.3) is 0 Å². The van der Waals surface area contributed by atoms with E-state index in [0.29, 0.717) is 0 Å².